The van der Waals surface area contributed by atoms with Gasteiger partial charge >= 0.3 is 12.0 Å². The van der Waals surface area contributed by atoms with Crippen LogP contribution in [0.5, 0.6) is 11.5 Å². The van der Waals surface area contributed by atoms with Gasteiger partial charge < -0.3 is 14.8 Å². The van der Waals surface area contributed by atoms with Crippen molar-refractivity contribution in [1.29, 1.82) is 0 Å². The normalized spacial score (nSPS) is 10.5. The number of carbonyl (C=O) groups excluding carboxylic acids is 2. The highest BCUT2D eigenvalue weighted by Crippen LogP contribution is 2.21. The standard InChI is InChI=1S/C22H28N2O4/c1-15(2)23-22(26)24(5)18-9-11-19(12-10-18)28-21(25)13-14-27-20-8-6-7-16(3)17(20)4/h6-12,15H,13-14H2,1-5H3,(H,23,26). The van der Waals surface area contributed by atoms with E-state index in [2.05, 4.69) is 5.32 Å². The van der Waals surface area contributed by atoms with Crippen molar-refractivity contribution in [2.75, 3.05) is 18.6 Å². The zero-order valence-electron chi connectivity index (χ0n) is 17.1. The zero-order chi connectivity index (χ0) is 20.7. The number of benzene rings is 2. The number of nitrogens with one attached hydrogen (secondary N) is 1. The van der Waals surface area contributed by atoms with E-state index in [1.54, 1.807) is 31.3 Å². The van der Waals surface area contributed by atoms with E-state index in [4.69, 9.17) is 9.47 Å². The average molecular weight is 384 g/mol. The van der Waals surface area contributed by atoms with Crippen molar-refractivity contribution >= 4 is 17.7 Å². The lowest BCUT2D eigenvalue weighted by Crippen LogP contribution is -2.40. The van der Waals surface area contributed by atoms with Gasteiger partial charge in [-0.15, -0.1) is 0 Å². The lowest BCUT2D eigenvalue weighted by molar-refractivity contribution is -0.134. The first-order chi connectivity index (χ1) is 13.3. The van der Waals surface area contributed by atoms with Gasteiger partial charge in [0.1, 0.15) is 11.5 Å². The molecule has 0 radical (unpaired) electrons. The van der Waals surface area contributed by atoms with Crippen molar-refractivity contribution in [1.82, 2.24) is 5.32 Å². The Kier molecular flexibility index (Phi) is 7.44. The maximum Gasteiger partial charge on any atom is 0.321 e. The summed E-state index contributed by atoms with van der Waals surface area (Å²) in [5.41, 5.74) is 2.92. The number of ether oxygens (including phenoxy) is 2. The lowest BCUT2D eigenvalue weighted by Gasteiger charge is -2.20. The Morgan fingerprint density at radius 1 is 1.07 bits per heavy atom. The average Bonchev–Trinajstić information content (AvgIpc) is 2.64. The Hall–Kier alpha value is -3.02. The summed E-state index contributed by atoms with van der Waals surface area (Å²) >= 11 is 0. The van der Waals surface area contributed by atoms with E-state index in [0.717, 1.165) is 16.9 Å². The lowest BCUT2D eigenvalue weighted by atomic mass is 10.1. The van der Waals surface area contributed by atoms with Crippen molar-refractivity contribution in [3.05, 3.63) is 53.6 Å². The van der Waals surface area contributed by atoms with Gasteiger partial charge in [0.15, 0.2) is 0 Å². The highest BCUT2D eigenvalue weighted by molar-refractivity contribution is 5.91. The Morgan fingerprint density at radius 3 is 2.39 bits per heavy atom. The van der Waals surface area contributed by atoms with Gasteiger partial charge in [-0.25, -0.2) is 4.79 Å². The van der Waals surface area contributed by atoms with Crippen LogP contribution >= 0.6 is 0 Å². The molecule has 6 nitrogen and oxygen atoms in total. The van der Waals surface area contributed by atoms with Crippen LogP contribution in [0.15, 0.2) is 42.5 Å². The molecule has 28 heavy (non-hydrogen) atoms. The summed E-state index contributed by atoms with van der Waals surface area (Å²) < 4.78 is 11.0. The SMILES string of the molecule is Cc1cccc(OCCC(=O)Oc2ccc(N(C)C(=O)NC(C)C)cc2)c1C. The molecule has 0 bridgehead atoms. The third-order valence-corrected chi connectivity index (χ3v) is 4.29. The molecule has 0 aliphatic heterocycles. The molecule has 6 heteroatoms. The molecule has 0 aliphatic rings. The van der Waals surface area contributed by atoms with Crippen molar-refractivity contribution < 1.29 is 19.1 Å². The maximum atomic E-state index is 12.0. The van der Waals surface area contributed by atoms with Gasteiger partial charge in [-0.05, 0) is 69.2 Å². The van der Waals surface area contributed by atoms with E-state index in [9.17, 15) is 9.59 Å². The first kappa shape index (κ1) is 21.3. The number of hydrogen-bond acceptors (Lipinski definition) is 4. The first-order valence-electron chi connectivity index (χ1n) is 9.32. The highest BCUT2D eigenvalue weighted by Gasteiger charge is 2.12. The second-order valence-corrected chi connectivity index (χ2v) is 6.93. The first-order valence-corrected chi connectivity index (χ1v) is 9.32. The van der Waals surface area contributed by atoms with Crippen molar-refractivity contribution in [3.8, 4) is 11.5 Å². The molecule has 1 N–H and O–H groups in total. The molecule has 150 valence electrons. The van der Waals surface area contributed by atoms with E-state index in [-0.39, 0.29) is 31.1 Å². The predicted octanol–water partition coefficient (Wildman–Crippen LogP) is 4.23. The van der Waals surface area contributed by atoms with Crippen LogP contribution in [0.25, 0.3) is 0 Å². The van der Waals surface area contributed by atoms with Crippen LogP contribution in [0, 0.1) is 13.8 Å². The van der Waals surface area contributed by atoms with Gasteiger partial charge in [0, 0.05) is 18.8 Å². The fraction of sp³-hybridized carbons (Fsp3) is 0.364. The third kappa shape index (κ3) is 6.01. The molecular weight excluding hydrogens is 356 g/mol. The van der Waals surface area contributed by atoms with Crippen LogP contribution < -0.4 is 19.7 Å². The largest absolute Gasteiger partial charge is 0.493 e. The number of esters is 1. The summed E-state index contributed by atoms with van der Waals surface area (Å²) in [4.78, 5) is 25.5. The van der Waals surface area contributed by atoms with Crippen LogP contribution in [0.3, 0.4) is 0 Å². The summed E-state index contributed by atoms with van der Waals surface area (Å²) in [6.07, 6.45) is 0.145. The Morgan fingerprint density at radius 2 is 1.75 bits per heavy atom. The summed E-state index contributed by atoms with van der Waals surface area (Å²) in [6, 6.07) is 12.5. The summed E-state index contributed by atoms with van der Waals surface area (Å²) in [7, 11) is 1.68. The van der Waals surface area contributed by atoms with Crippen LogP contribution in [-0.2, 0) is 4.79 Å². The predicted molar refractivity (Wildman–Crippen MR) is 110 cm³/mol. The smallest absolute Gasteiger partial charge is 0.321 e. The maximum absolute atomic E-state index is 12.0. The van der Waals surface area contributed by atoms with Crippen molar-refractivity contribution in [2.45, 2.75) is 40.2 Å². The molecule has 2 amide bonds. The molecule has 2 aromatic rings. The minimum Gasteiger partial charge on any atom is -0.493 e. The van der Waals surface area contributed by atoms with Gasteiger partial charge in [-0.2, -0.15) is 0 Å². The molecule has 0 saturated carbocycles. The molecule has 0 atom stereocenters. The zero-order valence-corrected chi connectivity index (χ0v) is 17.1. The second-order valence-electron chi connectivity index (χ2n) is 6.93. The number of rotatable bonds is 7. The van der Waals surface area contributed by atoms with Crippen LogP contribution in [0.4, 0.5) is 10.5 Å². The quantitative estimate of drug-likeness (QED) is 0.573. The Balaban J connectivity index is 1.84. The molecule has 0 aliphatic carbocycles. The fourth-order valence-corrected chi connectivity index (χ4v) is 2.51. The minimum absolute atomic E-state index is 0.0565. The topological polar surface area (TPSA) is 67.9 Å². The van der Waals surface area contributed by atoms with Gasteiger partial charge in [0.2, 0.25) is 0 Å². The van der Waals surface area contributed by atoms with Crippen LogP contribution in [0.2, 0.25) is 0 Å². The minimum atomic E-state index is -0.371. The van der Waals surface area contributed by atoms with Crippen molar-refractivity contribution in [2.24, 2.45) is 0 Å². The van der Waals surface area contributed by atoms with Crippen LogP contribution in [-0.4, -0.2) is 31.7 Å². The van der Waals surface area contributed by atoms with E-state index in [1.165, 1.54) is 4.90 Å². The molecule has 2 aromatic carbocycles. The molecule has 0 unspecified atom stereocenters. The number of aryl methyl sites for hydroxylation is 1. The number of carbonyl (C=O) groups is 2. The summed E-state index contributed by atoms with van der Waals surface area (Å²) in [5.74, 6) is 0.835. The van der Waals surface area contributed by atoms with Gasteiger partial charge in [0.25, 0.3) is 0 Å². The Labute approximate surface area is 166 Å². The summed E-state index contributed by atoms with van der Waals surface area (Å²) in [5, 5.41) is 2.82. The van der Waals surface area contributed by atoms with Gasteiger partial charge in [0.05, 0.1) is 13.0 Å². The number of amides is 2. The molecule has 0 heterocycles. The highest BCUT2D eigenvalue weighted by atomic mass is 16.5. The van der Waals surface area contributed by atoms with E-state index < -0.39 is 0 Å². The third-order valence-electron chi connectivity index (χ3n) is 4.29. The number of nitrogens with zero attached hydrogens (tertiary/aromatic N) is 1. The van der Waals surface area contributed by atoms with Crippen molar-refractivity contribution in [3.63, 3.8) is 0 Å². The van der Waals surface area contributed by atoms with Crippen LogP contribution in [0.1, 0.15) is 31.4 Å². The fourth-order valence-electron chi connectivity index (χ4n) is 2.51. The van der Waals surface area contributed by atoms with Gasteiger partial charge in [-0.3, -0.25) is 9.69 Å². The molecular formula is C22H28N2O4. The van der Waals surface area contributed by atoms with E-state index in [1.807, 2.05) is 45.9 Å². The molecule has 2 rings (SSSR count). The molecule has 0 saturated heterocycles. The Bertz CT molecular complexity index is 816. The number of urea groups is 1. The monoisotopic (exact) mass is 384 g/mol. The van der Waals surface area contributed by atoms with E-state index >= 15 is 0 Å². The summed E-state index contributed by atoms with van der Waals surface area (Å²) in [6.45, 7) is 8.06. The number of anilines is 1. The van der Waals surface area contributed by atoms with Gasteiger partial charge in [-0.1, -0.05) is 12.1 Å². The molecule has 0 spiro atoms. The second kappa shape index (κ2) is 9.78. The molecule has 0 fully saturated rings. The molecule has 0 aromatic heterocycles. The number of hydrogen-bond donors (Lipinski definition) is 1. The van der Waals surface area contributed by atoms with E-state index in [0.29, 0.717) is 11.4 Å².